The van der Waals surface area contributed by atoms with E-state index in [0.717, 1.165) is 29.7 Å². The van der Waals surface area contributed by atoms with E-state index in [0.29, 0.717) is 11.5 Å². The largest absolute Gasteiger partial charge is 0.490 e. The number of fused-ring (bicyclic) bond motifs is 2. The smallest absolute Gasteiger partial charge is 0.330 e. The highest BCUT2D eigenvalue weighted by atomic mass is 16.6. The number of hydrogen-bond donors (Lipinski definition) is 0. The Hall–Kier alpha value is -5.10. The Kier molecular flexibility index (Phi) is 8.83. The first kappa shape index (κ1) is 28.4. The van der Waals surface area contributed by atoms with Crippen molar-refractivity contribution >= 4 is 11.9 Å². The zero-order chi connectivity index (χ0) is 29.4. The predicted octanol–water partition coefficient (Wildman–Crippen LogP) is 6.19. The molecule has 42 heavy (non-hydrogen) atoms. The minimum absolute atomic E-state index is 0.141. The van der Waals surface area contributed by atoms with E-state index < -0.39 is 17.4 Å². The lowest BCUT2D eigenvalue weighted by atomic mass is 9.60. The standard InChI is InChI=1S/C36H32O6/c1-3-34(37)41-23-21-39-30-17-13-28(14-18-30)36(29-15-19-31(20-16-29)40-22-24-42-35(38)4-2)32-11-7-5-9-26(32)25-27-10-6-8-12-33(27)36/h3-20H,1-2,21-25H2. The van der Waals surface area contributed by atoms with Gasteiger partial charge >= 0.3 is 11.9 Å². The summed E-state index contributed by atoms with van der Waals surface area (Å²) >= 11 is 0. The Morgan fingerprint density at radius 2 is 1.00 bits per heavy atom. The van der Waals surface area contributed by atoms with Crippen molar-refractivity contribution in [2.75, 3.05) is 26.4 Å². The molecule has 0 fully saturated rings. The Bertz CT molecular complexity index is 1450. The molecule has 0 saturated heterocycles. The lowest BCUT2D eigenvalue weighted by molar-refractivity contribution is -0.139. The molecule has 0 spiro atoms. The molecule has 0 N–H and O–H groups in total. The van der Waals surface area contributed by atoms with Gasteiger partial charge in [0.05, 0.1) is 5.41 Å². The van der Waals surface area contributed by atoms with Gasteiger partial charge in [-0.1, -0.05) is 86.0 Å². The van der Waals surface area contributed by atoms with Crippen LogP contribution >= 0.6 is 0 Å². The number of benzene rings is 4. The topological polar surface area (TPSA) is 71.1 Å². The van der Waals surface area contributed by atoms with E-state index in [1.165, 1.54) is 22.3 Å². The second-order valence-electron chi connectivity index (χ2n) is 9.73. The Balaban J connectivity index is 1.51. The Morgan fingerprint density at radius 1 is 0.595 bits per heavy atom. The van der Waals surface area contributed by atoms with Gasteiger partial charge in [-0.2, -0.15) is 0 Å². The van der Waals surface area contributed by atoms with Crippen molar-refractivity contribution < 1.29 is 28.5 Å². The molecule has 6 nitrogen and oxygen atoms in total. The molecule has 1 aliphatic carbocycles. The molecule has 5 rings (SSSR count). The van der Waals surface area contributed by atoms with Crippen molar-refractivity contribution in [3.63, 3.8) is 0 Å². The van der Waals surface area contributed by atoms with Gasteiger partial charge in [0.25, 0.3) is 0 Å². The van der Waals surface area contributed by atoms with E-state index in [2.05, 4.69) is 86.0 Å². The summed E-state index contributed by atoms with van der Waals surface area (Å²) < 4.78 is 21.7. The SMILES string of the molecule is C=CC(=O)OCCOc1ccc(C2(c3ccc(OCCOC(=O)C=C)cc3)c3ccccc3Cc3ccccc32)cc1. The van der Waals surface area contributed by atoms with Gasteiger partial charge in [-0.3, -0.25) is 0 Å². The van der Waals surface area contributed by atoms with Gasteiger partial charge in [0.1, 0.15) is 37.9 Å². The number of esters is 2. The number of rotatable bonds is 12. The summed E-state index contributed by atoms with van der Waals surface area (Å²) in [7, 11) is 0. The van der Waals surface area contributed by atoms with E-state index >= 15 is 0 Å². The monoisotopic (exact) mass is 560 g/mol. The molecule has 4 aromatic rings. The van der Waals surface area contributed by atoms with E-state index in [9.17, 15) is 9.59 Å². The van der Waals surface area contributed by atoms with E-state index in [4.69, 9.17) is 18.9 Å². The lowest BCUT2D eigenvalue weighted by Crippen LogP contribution is -2.36. The van der Waals surface area contributed by atoms with Crippen molar-refractivity contribution in [1.29, 1.82) is 0 Å². The summed E-state index contributed by atoms with van der Waals surface area (Å²) in [6.07, 6.45) is 3.12. The first-order chi connectivity index (χ1) is 20.6. The van der Waals surface area contributed by atoms with Crippen molar-refractivity contribution in [2.45, 2.75) is 11.8 Å². The van der Waals surface area contributed by atoms with Gasteiger partial charge in [0.2, 0.25) is 0 Å². The van der Waals surface area contributed by atoms with Gasteiger partial charge in [0.15, 0.2) is 0 Å². The molecular weight excluding hydrogens is 528 g/mol. The van der Waals surface area contributed by atoms with Crippen molar-refractivity contribution in [3.8, 4) is 11.5 Å². The summed E-state index contributed by atoms with van der Waals surface area (Å²) in [6.45, 7) is 7.57. The highest BCUT2D eigenvalue weighted by molar-refractivity contribution is 5.81. The molecule has 0 aromatic heterocycles. The minimum atomic E-state index is -0.582. The van der Waals surface area contributed by atoms with E-state index in [-0.39, 0.29) is 26.4 Å². The third-order valence-electron chi connectivity index (χ3n) is 7.32. The van der Waals surface area contributed by atoms with E-state index in [1.54, 1.807) is 0 Å². The molecule has 0 radical (unpaired) electrons. The Morgan fingerprint density at radius 3 is 1.40 bits per heavy atom. The van der Waals surface area contributed by atoms with Crippen LogP contribution in [0.5, 0.6) is 11.5 Å². The predicted molar refractivity (Wildman–Crippen MR) is 161 cm³/mol. The molecule has 0 aliphatic heterocycles. The van der Waals surface area contributed by atoms with Crippen LogP contribution in [0.3, 0.4) is 0 Å². The Labute approximate surface area is 245 Å². The maximum atomic E-state index is 11.3. The molecule has 212 valence electrons. The second kappa shape index (κ2) is 13.0. The molecule has 0 bridgehead atoms. The van der Waals surface area contributed by atoms with Crippen LogP contribution in [-0.2, 0) is 30.9 Å². The third kappa shape index (κ3) is 5.84. The van der Waals surface area contributed by atoms with Crippen LogP contribution in [0.2, 0.25) is 0 Å². The molecule has 0 amide bonds. The van der Waals surface area contributed by atoms with Crippen LogP contribution in [0.1, 0.15) is 33.4 Å². The molecule has 4 aromatic carbocycles. The van der Waals surface area contributed by atoms with Crippen LogP contribution in [0.4, 0.5) is 0 Å². The van der Waals surface area contributed by atoms with Crippen LogP contribution in [0.15, 0.2) is 122 Å². The highest BCUT2D eigenvalue weighted by Gasteiger charge is 2.43. The summed E-state index contributed by atoms with van der Waals surface area (Å²) in [5, 5.41) is 0. The average molecular weight is 561 g/mol. The number of hydrogen-bond acceptors (Lipinski definition) is 6. The molecular formula is C36H32O6. The van der Waals surface area contributed by atoms with Gasteiger partial charge in [-0.05, 0) is 64.1 Å². The van der Waals surface area contributed by atoms with Crippen molar-refractivity contribution in [2.24, 2.45) is 0 Å². The fourth-order valence-corrected chi connectivity index (χ4v) is 5.54. The highest BCUT2D eigenvalue weighted by Crippen LogP contribution is 2.51. The zero-order valence-corrected chi connectivity index (χ0v) is 23.3. The first-order valence-electron chi connectivity index (χ1n) is 13.8. The summed E-state index contributed by atoms with van der Waals surface area (Å²) in [4.78, 5) is 22.6. The summed E-state index contributed by atoms with van der Waals surface area (Å²) in [5.74, 6) is 0.416. The average Bonchev–Trinajstić information content (AvgIpc) is 3.04. The summed E-state index contributed by atoms with van der Waals surface area (Å²) in [5.41, 5.74) is 6.59. The minimum Gasteiger partial charge on any atom is -0.490 e. The van der Waals surface area contributed by atoms with Crippen LogP contribution < -0.4 is 9.47 Å². The quantitative estimate of drug-likeness (QED) is 0.103. The lowest BCUT2D eigenvalue weighted by Gasteiger charge is -2.42. The van der Waals surface area contributed by atoms with Crippen molar-refractivity contribution in [1.82, 2.24) is 0 Å². The first-order valence-corrected chi connectivity index (χ1v) is 13.8. The van der Waals surface area contributed by atoms with Crippen LogP contribution in [-0.4, -0.2) is 38.4 Å². The number of carbonyl (C=O) groups is 2. The number of ether oxygens (including phenoxy) is 4. The molecule has 0 atom stereocenters. The second-order valence-corrected chi connectivity index (χ2v) is 9.73. The molecule has 6 heteroatoms. The summed E-state index contributed by atoms with van der Waals surface area (Å²) in [6, 6.07) is 33.4. The molecule has 1 aliphatic rings. The van der Waals surface area contributed by atoms with Gasteiger partial charge in [-0.25, -0.2) is 9.59 Å². The van der Waals surface area contributed by atoms with Gasteiger partial charge in [0, 0.05) is 12.2 Å². The van der Waals surface area contributed by atoms with Gasteiger partial charge < -0.3 is 18.9 Å². The van der Waals surface area contributed by atoms with Crippen LogP contribution in [0.25, 0.3) is 0 Å². The maximum Gasteiger partial charge on any atom is 0.330 e. The van der Waals surface area contributed by atoms with Crippen molar-refractivity contribution in [3.05, 3.63) is 156 Å². The fraction of sp³-hybridized carbons (Fsp3) is 0.167. The zero-order valence-electron chi connectivity index (χ0n) is 23.3. The van der Waals surface area contributed by atoms with Crippen LogP contribution in [0, 0.1) is 0 Å². The molecule has 0 heterocycles. The molecule has 0 saturated carbocycles. The van der Waals surface area contributed by atoms with Gasteiger partial charge in [-0.15, -0.1) is 0 Å². The maximum absolute atomic E-state index is 11.3. The molecule has 0 unspecified atom stereocenters. The fourth-order valence-electron chi connectivity index (χ4n) is 5.54. The van der Waals surface area contributed by atoms with E-state index in [1.807, 2.05) is 24.3 Å². The number of carbonyl (C=O) groups excluding carboxylic acids is 2. The normalized spacial score (nSPS) is 12.7. The third-order valence-corrected chi connectivity index (χ3v) is 7.32.